The third-order valence-corrected chi connectivity index (χ3v) is 5.64. The van der Waals surface area contributed by atoms with Gasteiger partial charge in [0.1, 0.15) is 0 Å². The first-order chi connectivity index (χ1) is 11.5. The molecular weight excluding hydrogens is 304 g/mol. The molecule has 4 rings (SSSR count). The van der Waals surface area contributed by atoms with Gasteiger partial charge in [0.05, 0.1) is 24.2 Å². The lowest BCUT2D eigenvalue weighted by Gasteiger charge is -2.27. The topological polar surface area (TPSA) is 58.4 Å². The highest BCUT2D eigenvalue weighted by Gasteiger charge is 2.44. The van der Waals surface area contributed by atoms with Crippen molar-refractivity contribution >= 4 is 11.8 Å². The summed E-state index contributed by atoms with van der Waals surface area (Å²) in [6.45, 7) is 6.27. The van der Waals surface area contributed by atoms with Crippen LogP contribution in [-0.2, 0) is 16.1 Å². The standard InChI is InChI=1S/C18H26N4O2/c1-12-8-13(2)22(19-12)11-16-4-3-7-20(16)18(24)14-9-17(23)21(10-14)15-5-6-15/h8,14-16H,3-7,9-11H2,1-2H3/t14-,16-/m1/s1. The molecule has 3 heterocycles. The van der Waals surface area contributed by atoms with E-state index in [1.807, 2.05) is 21.4 Å². The van der Waals surface area contributed by atoms with E-state index in [0.717, 1.165) is 50.2 Å². The van der Waals surface area contributed by atoms with Crippen LogP contribution in [0.4, 0.5) is 0 Å². The molecule has 2 atom stereocenters. The maximum atomic E-state index is 13.0. The van der Waals surface area contributed by atoms with Crippen molar-refractivity contribution in [2.45, 2.75) is 64.6 Å². The monoisotopic (exact) mass is 330 g/mol. The van der Waals surface area contributed by atoms with Crippen LogP contribution < -0.4 is 0 Å². The van der Waals surface area contributed by atoms with Crippen molar-refractivity contribution in [2.24, 2.45) is 5.92 Å². The Morgan fingerprint density at radius 3 is 2.75 bits per heavy atom. The van der Waals surface area contributed by atoms with Gasteiger partial charge >= 0.3 is 0 Å². The molecule has 3 aliphatic rings. The third kappa shape index (κ3) is 2.82. The van der Waals surface area contributed by atoms with Crippen LogP contribution in [0.1, 0.15) is 43.5 Å². The van der Waals surface area contributed by atoms with E-state index in [1.165, 1.54) is 0 Å². The Morgan fingerprint density at radius 1 is 1.29 bits per heavy atom. The van der Waals surface area contributed by atoms with E-state index >= 15 is 0 Å². The van der Waals surface area contributed by atoms with Gasteiger partial charge in [-0.05, 0) is 45.6 Å². The predicted octanol–water partition coefficient (Wildman–Crippen LogP) is 1.50. The molecule has 0 unspecified atom stereocenters. The lowest BCUT2D eigenvalue weighted by Crippen LogP contribution is -2.42. The van der Waals surface area contributed by atoms with Gasteiger partial charge in [-0.3, -0.25) is 14.3 Å². The summed E-state index contributed by atoms with van der Waals surface area (Å²) in [7, 11) is 0. The van der Waals surface area contributed by atoms with Gasteiger partial charge in [0.2, 0.25) is 11.8 Å². The molecule has 2 aliphatic heterocycles. The van der Waals surface area contributed by atoms with Gasteiger partial charge in [-0.25, -0.2) is 0 Å². The van der Waals surface area contributed by atoms with E-state index in [2.05, 4.69) is 18.1 Å². The molecule has 0 aromatic carbocycles. The Kier molecular flexibility index (Phi) is 3.85. The van der Waals surface area contributed by atoms with Crippen molar-refractivity contribution < 1.29 is 9.59 Å². The Bertz CT molecular complexity index is 664. The molecule has 2 amide bonds. The van der Waals surface area contributed by atoms with E-state index in [-0.39, 0.29) is 23.8 Å². The summed E-state index contributed by atoms with van der Waals surface area (Å²) < 4.78 is 2.02. The highest BCUT2D eigenvalue weighted by molar-refractivity contribution is 5.89. The number of aromatic nitrogens is 2. The minimum atomic E-state index is -0.140. The van der Waals surface area contributed by atoms with Crippen LogP contribution in [0.5, 0.6) is 0 Å². The van der Waals surface area contributed by atoms with Gasteiger partial charge in [0.25, 0.3) is 0 Å². The average Bonchev–Trinajstić information content (AvgIpc) is 3.01. The first-order valence-electron chi connectivity index (χ1n) is 9.14. The van der Waals surface area contributed by atoms with Gasteiger partial charge in [-0.1, -0.05) is 0 Å². The Hall–Kier alpha value is -1.85. The number of carbonyl (C=O) groups excluding carboxylic acids is 2. The molecule has 1 aliphatic carbocycles. The molecule has 0 spiro atoms. The van der Waals surface area contributed by atoms with Crippen molar-refractivity contribution in [2.75, 3.05) is 13.1 Å². The summed E-state index contributed by atoms with van der Waals surface area (Å²) in [5.41, 5.74) is 2.16. The number of rotatable bonds is 4. The third-order valence-electron chi connectivity index (χ3n) is 5.64. The van der Waals surface area contributed by atoms with Crippen LogP contribution in [0.3, 0.4) is 0 Å². The van der Waals surface area contributed by atoms with Gasteiger partial charge in [-0.15, -0.1) is 0 Å². The summed E-state index contributed by atoms with van der Waals surface area (Å²) in [4.78, 5) is 29.1. The highest BCUT2D eigenvalue weighted by atomic mass is 16.2. The summed E-state index contributed by atoms with van der Waals surface area (Å²) in [6, 6.07) is 2.70. The van der Waals surface area contributed by atoms with Gasteiger partial charge in [0.15, 0.2) is 0 Å². The largest absolute Gasteiger partial charge is 0.339 e. The van der Waals surface area contributed by atoms with Crippen LogP contribution in [0.15, 0.2) is 6.07 Å². The summed E-state index contributed by atoms with van der Waals surface area (Å²) in [6.07, 6.45) is 4.69. The fourth-order valence-electron chi connectivity index (χ4n) is 4.25. The molecule has 6 nitrogen and oxygen atoms in total. The fourth-order valence-corrected chi connectivity index (χ4v) is 4.25. The second kappa shape index (κ2) is 5.90. The number of likely N-dealkylation sites (tertiary alicyclic amines) is 2. The smallest absolute Gasteiger partial charge is 0.228 e. The predicted molar refractivity (Wildman–Crippen MR) is 89.3 cm³/mol. The van der Waals surface area contributed by atoms with Crippen molar-refractivity contribution in [1.29, 1.82) is 0 Å². The van der Waals surface area contributed by atoms with Gasteiger partial charge in [-0.2, -0.15) is 5.10 Å². The maximum Gasteiger partial charge on any atom is 0.228 e. The van der Waals surface area contributed by atoms with Crippen LogP contribution in [-0.4, -0.2) is 56.6 Å². The molecule has 0 radical (unpaired) electrons. The van der Waals surface area contributed by atoms with E-state index in [9.17, 15) is 9.59 Å². The van der Waals surface area contributed by atoms with Crippen molar-refractivity contribution in [3.63, 3.8) is 0 Å². The number of aryl methyl sites for hydroxylation is 2. The molecule has 1 saturated carbocycles. The molecule has 0 N–H and O–H groups in total. The number of amides is 2. The van der Waals surface area contributed by atoms with E-state index in [1.54, 1.807) is 0 Å². The molecule has 130 valence electrons. The molecule has 3 fully saturated rings. The number of carbonyl (C=O) groups is 2. The first kappa shape index (κ1) is 15.7. The van der Waals surface area contributed by atoms with Crippen molar-refractivity contribution in [3.8, 4) is 0 Å². The zero-order chi connectivity index (χ0) is 16.8. The van der Waals surface area contributed by atoms with Gasteiger partial charge < -0.3 is 9.80 Å². The number of nitrogens with zero attached hydrogens (tertiary/aromatic N) is 4. The van der Waals surface area contributed by atoms with Crippen LogP contribution in [0, 0.1) is 19.8 Å². The fraction of sp³-hybridized carbons (Fsp3) is 0.722. The normalized spacial score (nSPS) is 27.3. The molecular formula is C18H26N4O2. The Labute approximate surface area is 142 Å². The minimum Gasteiger partial charge on any atom is -0.339 e. The molecule has 1 aromatic heterocycles. The van der Waals surface area contributed by atoms with Crippen molar-refractivity contribution in [1.82, 2.24) is 19.6 Å². The molecule has 24 heavy (non-hydrogen) atoms. The molecule has 1 aromatic rings. The van der Waals surface area contributed by atoms with E-state index in [0.29, 0.717) is 19.0 Å². The lowest BCUT2D eigenvalue weighted by molar-refractivity contribution is -0.136. The first-order valence-corrected chi connectivity index (χ1v) is 9.14. The summed E-state index contributed by atoms with van der Waals surface area (Å²) in [5, 5.41) is 4.54. The Balaban J connectivity index is 1.43. The number of hydrogen-bond acceptors (Lipinski definition) is 3. The van der Waals surface area contributed by atoms with Crippen molar-refractivity contribution in [3.05, 3.63) is 17.5 Å². The lowest BCUT2D eigenvalue weighted by atomic mass is 10.1. The average molecular weight is 330 g/mol. The molecule has 0 bridgehead atoms. The second-order valence-electron chi connectivity index (χ2n) is 7.62. The van der Waals surface area contributed by atoms with Crippen LogP contribution >= 0.6 is 0 Å². The van der Waals surface area contributed by atoms with Gasteiger partial charge in [0, 0.05) is 31.2 Å². The molecule has 6 heteroatoms. The maximum absolute atomic E-state index is 13.0. The Morgan fingerprint density at radius 2 is 2.08 bits per heavy atom. The summed E-state index contributed by atoms with van der Waals surface area (Å²) >= 11 is 0. The second-order valence-corrected chi connectivity index (χ2v) is 7.62. The quantitative estimate of drug-likeness (QED) is 0.841. The highest BCUT2D eigenvalue weighted by Crippen LogP contribution is 2.34. The van der Waals surface area contributed by atoms with E-state index < -0.39 is 0 Å². The van der Waals surface area contributed by atoms with E-state index in [4.69, 9.17) is 0 Å². The number of hydrogen-bond donors (Lipinski definition) is 0. The minimum absolute atomic E-state index is 0.140. The zero-order valence-electron chi connectivity index (χ0n) is 14.6. The van der Waals surface area contributed by atoms with Crippen LogP contribution in [0.2, 0.25) is 0 Å². The molecule has 2 saturated heterocycles. The summed E-state index contributed by atoms with van der Waals surface area (Å²) in [5.74, 6) is 0.208. The van der Waals surface area contributed by atoms with Crippen LogP contribution in [0.25, 0.3) is 0 Å². The SMILES string of the molecule is Cc1cc(C)n(C[C@H]2CCCN2C(=O)[C@@H]2CC(=O)N(C3CC3)C2)n1. The zero-order valence-corrected chi connectivity index (χ0v) is 14.6.